The van der Waals surface area contributed by atoms with Crippen molar-refractivity contribution in [3.05, 3.63) is 0 Å². The van der Waals surface area contributed by atoms with E-state index >= 15 is 0 Å². The minimum atomic E-state index is -1.29. The molecule has 0 aliphatic rings. The molecule has 0 aliphatic carbocycles. The average Bonchev–Trinajstić information content (AvgIpc) is 1.35. The third-order valence-electron chi connectivity index (χ3n) is 0.284. The van der Waals surface area contributed by atoms with Crippen molar-refractivity contribution in [3.63, 3.8) is 0 Å². The van der Waals surface area contributed by atoms with Crippen LogP contribution < -0.4 is 0 Å². The molecule has 0 aliphatic heterocycles. The molecule has 0 atom stereocenters. The predicted molar refractivity (Wildman–Crippen MR) is 16.9 cm³/mol. The molecular weight excluding hydrogens is 116 g/mol. The van der Waals surface area contributed by atoms with E-state index in [0.29, 0.717) is 0 Å². The molecule has 0 spiro atoms. The van der Waals surface area contributed by atoms with E-state index < -0.39 is 19.5 Å². The molecule has 0 amide bonds. The molecule has 6 heavy (non-hydrogen) atoms. The summed E-state index contributed by atoms with van der Waals surface area (Å²) < 4.78 is 14.3. The van der Waals surface area contributed by atoms with E-state index in [2.05, 4.69) is 3.32 Å². The first-order valence-electron chi connectivity index (χ1n) is 1.80. The zero-order valence-electron chi connectivity index (χ0n) is 3.89. The van der Waals surface area contributed by atoms with E-state index in [1.165, 1.54) is 0 Å². The molecule has 0 bridgehead atoms. The van der Waals surface area contributed by atoms with E-state index in [0.717, 1.165) is 0 Å². The summed E-state index contributed by atoms with van der Waals surface area (Å²) in [6, 6.07) is 0. The fourth-order valence-electron chi connectivity index (χ4n) is 0.0962. The Kier molecular flexibility index (Phi) is 3.95. The maximum absolute atomic E-state index is 9.64. The van der Waals surface area contributed by atoms with E-state index in [1.807, 2.05) is 13.8 Å². The van der Waals surface area contributed by atoms with Crippen molar-refractivity contribution < 1.29 is 26.2 Å². The van der Waals surface area contributed by atoms with Crippen LogP contribution in [0.5, 0.6) is 0 Å². The summed E-state index contributed by atoms with van der Waals surface area (Å²) in [5, 5.41) is 0. The number of rotatable bonds is 2. The Bertz CT molecular complexity index is 44.1. The van der Waals surface area contributed by atoms with E-state index in [1.54, 1.807) is 0 Å². The molecular formula is C3H7O2Ti. The quantitative estimate of drug-likeness (QED) is 0.506. The van der Waals surface area contributed by atoms with Gasteiger partial charge in [0.1, 0.15) is 0 Å². The average molecular weight is 123 g/mol. The molecule has 3 heteroatoms. The molecule has 35 valence electrons. The van der Waals surface area contributed by atoms with Crippen LogP contribution in [0.1, 0.15) is 13.8 Å². The third kappa shape index (κ3) is 4.47. The molecule has 0 saturated carbocycles. The van der Waals surface area contributed by atoms with Crippen molar-refractivity contribution in [1.29, 1.82) is 0 Å². The van der Waals surface area contributed by atoms with Crippen LogP contribution in [0.15, 0.2) is 0 Å². The number of hydrogen-bond donors (Lipinski definition) is 0. The van der Waals surface area contributed by atoms with Crippen LogP contribution in [0, 0.1) is 0 Å². The monoisotopic (exact) mass is 123 g/mol. The Labute approximate surface area is 46.6 Å². The Morgan fingerprint density at radius 1 is 1.67 bits per heavy atom. The van der Waals surface area contributed by atoms with E-state index in [9.17, 15) is 3.32 Å². The normalized spacial score (nSPS) is 8.50. The van der Waals surface area contributed by atoms with Crippen LogP contribution in [0.2, 0.25) is 0 Å². The van der Waals surface area contributed by atoms with Gasteiger partial charge in [0, 0.05) is 0 Å². The second-order valence-corrected chi connectivity index (χ2v) is 1.88. The first-order valence-corrected chi connectivity index (χ1v) is 3.07. The molecule has 0 fully saturated rings. The summed E-state index contributed by atoms with van der Waals surface area (Å²) in [4.78, 5) is 0. The van der Waals surface area contributed by atoms with E-state index in [-0.39, 0.29) is 6.10 Å². The molecule has 0 aromatic heterocycles. The van der Waals surface area contributed by atoms with Crippen LogP contribution in [0.4, 0.5) is 0 Å². The zero-order chi connectivity index (χ0) is 4.99. The molecule has 0 radical (unpaired) electrons. The summed E-state index contributed by atoms with van der Waals surface area (Å²) >= 11 is -1.29. The van der Waals surface area contributed by atoms with Crippen LogP contribution in [-0.4, -0.2) is 6.10 Å². The van der Waals surface area contributed by atoms with Gasteiger partial charge in [-0.1, -0.05) is 0 Å². The summed E-state index contributed by atoms with van der Waals surface area (Å²) in [5.41, 5.74) is 0. The maximum atomic E-state index is 9.64. The van der Waals surface area contributed by atoms with E-state index in [4.69, 9.17) is 0 Å². The molecule has 0 heterocycles. The van der Waals surface area contributed by atoms with Gasteiger partial charge in [-0.2, -0.15) is 0 Å². The molecule has 0 rings (SSSR count). The van der Waals surface area contributed by atoms with Gasteiger partial charge in [-0.05, 0) is 0 Å². The minimum absolute atomic E-state index is 0.141. The fraction of sp³-hybridized carbons (Fsp3) is 1.00. The van der Waals surface area contributed by atoms with Crippen LogP contribution >= 0.6 is 0 Å². The van der Waals surface area contributed by atoms with Gasteiger partial charge in [0.25, 0.3) is 0 Å². The van der Waals surface area contributed by atoms with Crippen molar-refractivity contribution in [3.8, 4) is 0 Å². The number of hydrogen-bond acceptors (Lipinski definition) is 2. The Balaban J connectivity index is 2.81. The van der Waals surface area contributed by atoms with Gasteiger partial charge in [0.05, 0.1) is 0 Å². The summed E-state index contributed by atoms with van der Waals surface area (Å²) in [6.07, 6.45) is 0.141. The molecule has 2 nitrogen and oxygen atoms in total. The molecule has 0 unspecified atom stereocenters. The van der Waals surface area contributed by atoms with Crippen molar-refractivity contribution in [2.45, 2.75) is 20.0 Å². The van der Waals surface area contributed by atoms with Gasteiger partial charge in [-0.3, -0.25) is 0 Å². The Hall–Kier alpha value is 0.474. The van der Waals surface area contributed by atoms with Gasteiger partial charge < -0.3 is 0 Å². The fourth-order valence-corrected chi connectivity index (χ4v) is 0.397. The molecule has 0 saturated heterocycles. The zero-order valence-corrected chi connectivity index (χ0v) is 5.46. The molecule has 0 N–H and O–H groups in total. The Morgan fingerprint density at radius 2 is 2.17 bits per heavy atom. The van der Waals surface area contributed by atoms with Crippen LogP contribution in [0.25, 0.3) is 0 Å². The second kappa shape index (κ2) is 3.66. The van der Waals surface area contributed by atoms with Gasteiger partial charge in [-0.15, -0.1) is 0 Å². The first-order chi connectivity index (χ1) is 2.77. The Morgan fingerprint density at radius 3 is 2.17 bits per heavy atom. The summed E-state index contributed by atoms with van der Waals surface area (Å²) in [5.74, 6) is 0. The summed E-state index contributed by atoms with van der Waals surface area (Å²) in [6.45, 7) is 3.72. The van der Waals surface area contributed by atoms with Crippen molar-refractivity contribution in [1.82, 2.24) is 0 Å². The summed E-state index contributed by atoms with van der Waals surface area (Å²) in [7, 11) is 0. The van der Waals surface area contributed by atoms with Crippen molar-refractivity contribution >= 4 is 0 Å². The topological polar surface area (TPSA) is 26.3 Å². The van der Waals surface area contributed by atoms with Crippen LogP contribution in [-0.2, 0) is 26.2 Å². The predicted octanol–water partition coefficient (Wildman–Crippen LogP) is 0.754. The SMILES string of the molecule is CC(C)[O][Ti]=[O]. The standard InChI is InChI=1S/C3H7O.O.Ti/c1-3(2)4;;/h3H,1-2H3;;/q-1;;+1. The van der Waals surface area contributed by atoms with Gasteiger partial charge >= 0.3 is 46.1 Å². The van der Waals surface area contributed by atoms with Crippen LogP contribution in [0.3, 0.4) is 0 Å². The third-order valence-corrected chi connectivity index (χ3v) is 1.17. The van der Waals surface area contributed by atoms with Crippen molar-refractivity contribution in [2.24, 2.45) is 0 Å². The van der Waals surface area contributed by atoms with Gasteiger partial charge in [0.15, 0.2) is 0 Å². The molecule has 0 aromatic rings. The van der Waals surface area contributed by atoms with Gasteiger partial charge in [0.2, 0.25) is 0 Å². The van der Waals surface area contributed by atoms with Gasteiger partial charge in [-0.25, -0.2) is 0 Å². The molecule has 0 aromatic carbocycles. The first kappa shape index (κ1) is 6.47. The second-order valence-electron chi connectivity index (χ2n) is 1.25. The van der Waals surface area contributed by atoms with Crippen molar-refractivity contribution in [2.75, 3.05) is 0 Å².